The highest BCUT2D eigenvalue weighted by molar-refractivity contribution is 7.84. The van der Waals surface area contributed by atoms with E-state index in [2.05, 4.69) is 61.7 Å². The van der Waals surface area contributed by atoms with Gasteiger partial charge in [-0.25, -0.2) is 0 Å². The van der Waals surface area contributed by atoms with E-state index in [1.807, 2.05) is 6.07 Å². The average Bonchev–Trinajstić information content (AvgIpc) is 3.63. The van der Waals surface area contributed by atoms with Crippen LogP contribution in [0.1, 0.15) is 54.3 Å². The third kappa shape index (κ3) is 7.64. The van der Waals surface area contributed by atoms with Crippen LogP contribution in [0.5, 0.6) is 6.01 Å². The number of nitrogens with one attached hydrogen (secondary N) is 1. The van der Waals surface area contributed by atoms with Crippen molar-refractivity contribution < 1.29 is 22.1 Å². The summed E-state index contributed by atoms with van der Waals surface area (Å²) in [6.07, 6.45) is 0.112. The first-order valence-electron chi connectivity index (χ1n) is 16.4. The van der Waals surface area contributed by atoms with Gasteiger partial charge in [0, 0.05) is 76.3 Å². The van der Waals surface area contributed by atoms with E-state index in [9.17, 15) is 22.6 Å². The molecule has 0 saturated carbocycles. The third-order valence-electron chi connectivity index (χ3n) is 9.90. The Kier molecular flexibility index (Phi) is 10.3. The number of fused-ring (bicyclic) bond motifs is 2. The highest BCUT2D eigenvalue weighted by Crippen LogP contribution is 2.35. The number of aryl methyl sites for hydroxylation is 1. The molecule has 2 aliphatic rings. The molecule has 258 valence electrons. The maximum Gasteiger partial charge on any atom is 0.393 e. The molecule has 4 aromatic rings. The average molecular weight is 702 g/mol. The zero-order valence-electron chi connectivity index (χ0n) is 27.8. The molecule has 0 radical (unpaired) electrons. The van der Waals surface area contributed by atoms with Crippen LogP contribution in [0.2, 0.25) is 0 Å². The molecule has 5 heterocycles. The lowest BCUT2D eigenvalue weighted by molar-refractivity contribution is -0.126. The predicted molar refractivity (Wildman–Crippen MR) is 185 cm³/mol. The number of alkyl halides is 3. The van der Waals surface area contributed by atoms with E-state index in [1.54, 1.807) is 6.26 Å². The molecular weight excluding hydrogens is 660 g/mol. The van der Waals surface area contributed by atoms with Crippen molar-refractivity contribution in [3.05, 3.63) is 46.0 Å². The summed E-state index contributed by atoms with van der Waals surface area (Å²) in [6.45, 7) is 9.44. The Morgan fingerprint density at radius 2 is 1.85 bits per heavy atom. The first-order valence-corrected chi connectivity index (χ1v) is 18.8. The van der Waals surface area contributed by atoms with E-state index in [1.165, 1.54) is 24.3 Å². The van der Waals surface area contributed by atoms with Crippen molar-refractivity contribution in [2.45, 2.75) is 82.6 Å². The van der Waals surface area contributed by atoms with Crippen molar-refractivity contribution in [2.75, 3.05) is 44.9 Å². The van der Waals surface area contributed by atoms with Gasteiger partial charge in [-0.1, -0.05) is 6.07 Å². The van der Waals surface area contributed by atoms with Gasteiger partial charge in [-0.3, -0.25) is 14.0 Å². The molecule has 2 aliphatic heterocycles. The Morgan fingerprint density at radius 1 is 1.12 bits per heavy atom. The summed E-state index contributed by atoms with van der Waals surface area (Å²) in [5.41, 5.74) is 4.16. The fraction of sp³-hybridized carbons (Fsp3) is 0.559. The number of aromatic nitrogens is 3. The van der Waals surface area contributed by atoms with E-state index < -0.39 is 23.4 Å². The third-order valence-corrected chi connectivity index (χ3v) is 12.3. The van der Waals surface area contributed by atoms with Gasteiger partial charge in [0.2, 0.25) is 0 Å². The monoisotopic (exact) mass is 701 g/mol. The van der Waals surface area contributed by atoms with E-state index >= 15 is 0 Å². The molecule has 0 bridgehead atoms. The molecule has 2 atom stereocenters. The topological polar surface area (TPSA) is 99.3 Å². The summed E-state index contributed by atoms with van der Waals surface area (Å²) in [5, 5.41) is 15.5. The van der Waals surface area contributed by atoms with Crippen LogP contribution in [0.25, 0.3) is 21.1 Å². The molecule has 14 heteroatoms. The van der Waals surface area contributed by atoms with Gasteiger partial charge in [0.1, 0.15) is 22.4 Å². The molecule has 6 rings (SSSR count). The van der Waals surface area contributed by atoms with Crippen molar-refractivity contribution in [2.24, 2.45) is 0 Å². The second-order valence-electron chi connectivity index (χ2n) is 13.1. The molecule has 0 aliphatic carbocycles. The largest absolute Gasteiger partial charge is 0.467 e. The second kappa shape index (κ2) is 14.3. The highest BCUT2D eigenvalue weighted by atomic mass is 32.2. The maximum atomic E-state index is 13.1. The normalized spacial score (nSPS) is 18.7. The molecule has 0 spiro atoms. The number of methoxy groups -OCH3 is 1. The second-order valence-corrected chi connectivity index (χ2v) is 15.9. The SMILES string of the molecule is COc1nc(NC2CCN(Cc3ccc4c(cc(C#N)n4C[C@H](C)N4CCC(S(C)=O)CC4)c3C)CC2)c2cc(CC(F)(F)F)sc2n1. The zero-order valence-corrected chi connectivity index (χ0v) is 29.4. The summed E-state index contributed by atoms with van der Waals surface area (Å²) in [4.78, 5) is 14.3. The fourth-order valence-corrected chi connectivity index (χ4v) is 9.04. The standard InChI is InChI=1S/C34H42F3N7O2S2/c1-21(43-13-9-27(10-14-43)48(4)45)19-44-25(18-38)15-28-22(2)23(5-6-30(28)44)20-42-11-7-24(8-12-42)39-31-29-16-26(17-34(35,36)37)47-32(29)41-33(40-31)46-3/h5-6,15-16,21,24,27H,7-14,17,19-20H2,1-4H3,(H,39,40,41)/t21-,48?/m0/s1. The molecular formula is C34H42F3N7O2S2. The molecule has 1 aromatic carbocycles. The molecule has 0 amide bonds. The minimum atomic E-state index is -4.29. The van der Waals surface area contributed by atoms with E-state index in [0.717, 1.165) is 87.2 Å². The van der Waals surface area contributed by atoms with Crippen LogP contribution in [-0.4, -0.2) is 91.6 Å². The number of ether oxygens (including phenoxy) is 1. The Balaban J connectivity index is 1.10. The minimum Gasteiger partial charge on any atom is -0.467 e. The Labute approximate surface area is 285 Å². The lowest BCUT2D eigenvalue weighted by atomic mass is 10.0. The molecule has 1 N–H and O–H groups in total. The van der Waals surface area contributed by atoms with Crippen molar-refractivity contribution in [1.29, 1.82) is 5.26 Å². The van der Waals surface area contributed by atoms with Crippen molar-refractivity contribution in [3.63, 3.8) is 0 Å². The number of hydrogen-bond donors (Lipinski definition) is 1. The van der Waals surface area contributed by atoms with Gasteiger partial charge in [0.25, 0.3) is 0 Å². The number of rotatable bonds is 10. The van der Waals surface area contributed by atoms with Crippen molar-refractivity contribution >= 4 is 49.1 Å². The van der Waals surface area contributed by atoms with Gasteiger partial charge in [0.05, 0.1) is 18.9 Å². The van der Waals surface area contributed by atoms with Gasteiger partial charge in [-0.15, -0.1) is 11.3 Å². The fourth-order valence-electron chi connectivity index (χ4n) is 7.12. The van der Waals surface area contributed by atoms with Crippen molar-refractivity contribution in [1.82, 2.24) is 24.3 Å². The molecule has 1 unspecified atom stereocenters. The number of piperidine rings is 2. The number of likely N-dealkylation sites (tertiary alicyclic amines) is 2. The summed E-state index contributed by atoms with van der Waals surface area (Å²) in [5.74, 6) is 0.510. The number of halogens is 3. The van der Waals surface area contributed by atoms with Crippen LogP contribution in [0.15, 0.2) is 24.3 Å². The Bertz CT molecular complexity index is 1830. The molecule has 9 nitrogen and oxygen atoms in total. The van der Waals surface area contributed by atoms with Crippen LogP contribution in [0, 0.1) is 18.3 Å². The molecule has 2 fully saturated rings. The summed E-state index contributed by atoms with van der Waals surface area (Å²) in [7, 11) is 0.670. The van der Waals surface area contributed by atoms with Gasteiger partial charge in [-0.05, 0) is 81.9 Å². The molecule has 48 heavy (non-hydrogen) atoms. The lowest BCUT2D eigenvalue weighted by Gasteiger charge is -2.35. The van der Waals surface area contributed by atoms with E-state index in [4.69, 9.17) is 4.74 Å². The van der Waals surface area contributed by atoms with Crippen LogP contribution >= 0.6 is 11.3 Å². The van der Waals surface area contributed by atoms with Crippen LogP contribution in [0.3, 0.4) is 0 Å². The quantitative estimate of drug-likeness (QED) is 0.207. The van der Waals surface area contributed by atoms with Crippen LogP contribution < -0.4 is 10.1 Å². The number of benzene rings is 1. The van der Waals surface area contributed by atoms with Crippen LogP contribution in [0.4, 0.5) is 19.0 Å². The van der Waals surface area contributed by atoms with E-state index in [0.29, 0.717) is 21.7 Å². The van der Waals surface area contributed by atoms with Gasteiger partial charge < -0.3 is 14.6 Å². The number of anilines is 1. The number of thiophene rings is 1. The smallest absolute Gasteiger partial charge is 0.393 e. The maximum absolute atomic E-state index is 13.1. The van der Waals surface area contributed by atoms with Crippen LogP contribution in [-0.2, 0) is 30.3 Å². The first kappa shape index (κ1) is 34.6. The minimum absolute atomic E-state index is 0.114. The Hall–Kier alpha value is -3.25. The summed E-state index contributed by atoms with van der Waals surface area (Å²) in [6, 6.07) is 10.8. The molecule has 3 aromatic heterocycles. The summed E-state index contributed by atoms with van der Waals surface area (Å²) >= 11 is 1.02. The number of nitriles is 1. The van der Waals surface area contributed by atoms with Crippen molar-refractivity contribution in [3.8, 4) is 12.1 Å². The predicted octanol–water partition coefficient (Wildman–Crippen LogP) is 6.25. The number of nitrogens with zero attached hydrogens (tertiary/aromatic N) is 6. The van der Waals surface area contributed by atoms with Gasteiger partial charge in [-0.2, -0.15) is 28.4 Å². The summed E-state index contributed by atoms with van der Waals surface area (Å²) < 4.78 is 58.5. The van der Waals surface area contributed by atoms with E-state index in [-0.39, 0.29) is 28.2 Å². The first-order chi connectivity index (χ1) is 22.9. The Morgan fingerprint density at radius 3 is 2.50 bits per heavy atom. The zero-order chi connectivity index (χ0) is 34.2. The van der Waals surface area contributed by atoms with Gasteiger partial charge in [0.15, 0.2) is 0 Å². The number of hydrogen-bond acceptors (Lipinski definition) is 9. The highest BCUT2D eigenvalue weighted by Gasteiger charge is 2.30. The molecule has 2 saturated heterocycles. The van der Waals surface area contributed by atoms with Gasteiger partial charge >= 0.3 is 12.2 Å². The lowest BCUT2D eigenvalue weighted by Crippen LogP contribution is -2.44.